The normalized spacial score (nSPS) is 25.5. The highest BCUT2D eigenvalue weighted by Crippen LogP contribution is 2.46. The largest absolute Gasteiger partial charge is 0.348 e. The Morgan fingerprint density at radius 1 is 0.929 bits per heavy atom. The first-order valence-corrected chi connectivity index (χ1v) is 10.2. The van der Waals surface area contributed by atoms with Crippen LogP contribution in [0.1, 0.15) is 67.2 Å². The summed E-state index contributed by atoms with van der Waals surface area (Å²) in [4.78, 5) is 25.3. The van der Waals surface area contributed by atoms with E-state index in [0.717, 1.165) is 17.0 Å². The molecule has 1 amide bonds. The van der Waals surface area contributed by atoms with Crippen LogP contribution in [0.25, 0.3) is 0 Å². The molecule has 148 valence electrons. The molecule has 4 atom stereocenters. The van der Waals surface area contributed by atoms with Gasteiger partial charge in [0.25, 0.3) is 0 Å². The number of nitrogens with two attached hydrogens (primary N) is 1. The lowest BCUT2D eigenvalue weighted by Crippen LogP contribution is -2.39. The van der Waals surface area contributed by atoms with E-state index in [-0.39, 0.29) is 17.7 Å². The Kier molecular flexibility index (Phi) is 6.30. The van der Waals surface area contributed by atoms with Gasteiger partial charge in [-0.3, -0.25) is 9.59 Å². The predicted octanol–water partition coefficient (Wildman–Crippen LogP) is 4.43. The summed E-state index contributed by atoms with van der Waals surface area (Å²) >= 11 is 0. The quantitative estimate of drug-likeness (QED) is 0.830. The van der Waals surface area contributed by atoms with E-state index in [4.69, 9.17) is 5.73 Å². The van der Waals surface area contributed by atoms with Crippen molar-refractivity contribution < 1.29 is 9.59 Å². The molecule has 2 aromatic carbocycles. The Hall–Kier alpha value is -2.46. The van der Waals surface area contributed by atoms with Crippen molar-refractivity contribution in [2.24, 2.45) is 23.5 Å². The van der Waals surface area contributed by atoms with Gasteiger partial charge >= 0.3 is 0 Å². The molecule has 4 rings (SSSR count). The van der Waals surface area contributed by atoms with E-state index in [0.29, 0.717) is 5.56 Å². The first-order chi connectivity index (χ1) is 13.5. The van der Waals surface area contributed by atoms with Crippen LogP contribution in [0.2, 0.25) is 0 Å². The monoisotopic (exact) mass is 378 g/mol. The summed E-state index contributed by atoms with van der Waals surface area (Å²) in [7, 11) is 0. The number of ketones is 1. The molecular formula is C24H30N2O2. The van der Waals surface area contributed by atoms with Gasteiger partial charge in [-0.1, -0.05) is 88.2 Å². The molecular weight excluding hydrogens is 348 g/mol. The molecule has 1 aliphatic carbocycles. The van der Waals surface area contributed by atoms with Crippen LogP contribution in [0, 0.1) is 17.8 Å². The fourth-order valence-electron chi connectivity index (χ4n) is 4.04. The van der Waals surface area contributed by atoms with Crippen molar-refractivity contribution in [2.45, 2.75) is 45.7 Å². The number of benzene rings is 2. The van der Waals surface area contributed by atoms with Gasteiger partial charge in [0.1, 0.15) is 0 Å². The van der Waals surface area contributed by atoms with E-state index in [2.05, 4.69) is 26.1 Å². The number of carbonyl (C=O) groups is 2. The number of fused-ring (bicyclic) bond motifs is 2. The molecule has 2 aliphatic rings. The zero-order valence-electron chi connectivity index (χ0n) is 16.9. The maximum absolute atomic E-state index is 12.9. The maximum Gasteiger partial charge on any atom is 0.226 e. The van der Waals surface area contributed by atoms with Gasteiger partial charge in [0.15, 0.2) is 5.78 Å². The van der Waals surface area contributed by atoms with Crippen LogP contribution in [-0.2, 0) is 4.79 Å². The van der Waals surface area contributed by atoms with Crippen LogP contribution < -0.4 is 11.1 Å². The van der Waals surface area contributed by atoms with Crippen LogP contribution in [-0.4, -0.2) is 11.7 Å². The molecule has 1 heterocycles. The summed E-state index contributed by atoms with van der Waals surface area (Å²) in [5.41, 5.74) is 8.68. The van der Waals surface area contributed by atoms with Crippen LogP contribution in [0.3, 0.4) is 0 Å². The zero-order chi connectivity index (χ0) is 20.3. The van der Waals surface area contributed by atoms with Crippen molar-refractivity contribution in [2.75, 3.05) is 0 Å². The van der Waals surface area contributed by atoms with Crippen LogP contribution in [0.15, 0.2) is 54.6 Å². The van der Waals surface area contributed by atoms with Crippen LogP contribution in [0.5, 0.6) is 0 Å². The maximum atomic E-state index is 12.9. The summed E-state index contributed by atoms with van der Waals surface area (Å²) in [5.74, 6) is -0.110. The Bertz CT molecular complexity index is 830. The Labute approximate surface area is 167 Å². The lowest BCUT2D eigenvalue weighted by Gasteiger charge is -2.32. The molecule has 0 bridgehead atoms. The van der Waals surface area contributed by atoms with Crippen molar-refractivity contribution in [3.05, 3.63) is 71.3 Å². The molecule has 1 saturated heterocycles. The van der Waals surface area contributed by atoms with Crippen LogP contribution >= 0.6 is 0 Å². The molecule has 1 aliphatic heterocycles. The second-order valence-corrected chi connectivity index (χ2v) is 7.85. The number of hydrogen-bond acceptors (Lipinski definition) is 3. The van der Waals surface area contributed by atoms with E-state index in [1.54, 1.807) is 6.07 Å². The molecule has 2 aromatic rings. The topological polar surface area (TPSA) is 72.2 Å². The molecule has 0 aromatic heterocycles. The lowest BCUT2D eigenvalue weighted by molar-refractivity contribution is -0.123. The number of rotatable bonds is 3. The van der Waals surface area contributed by atoms with Gasteiger partial charge in [0.05, 0.1) is 17.9 Å². The van der Waals surface area contributed by atoms with Crippen LogP contribution in [0.4, 0.5) is 0 Å². The molecule has 28 heavy (non-hydrogen) atoms. The third kappa shape index (κ3) is 3.74. The van der Waals surface area contributed by atoms with Gasteiger partial charge in [0.2, 0.25) is 5.91 Å². The third-order valence-corrected chi connectivity index (χ3v) is 6.17. The van der Waals surface area contributed by atoms with Crippen molar-refractivity contribution in [1.29, 1.82) is 0 Å². The molecule has 4 heteroatoms. The highest BCUT2D eigenvalue weighted by atomic mass is 16.2. The van der Waals surface area contributed by atoms with Crippen molar-refractivity contribution in [3.8, 4) is 0 Å². The smallest absolute Gasteiger partial charge is 0.226 e. The van der Waals surface area contributed by atoms with Gasteiger partial charge in [-0.15, -0.1) is 0 Å². The van der Waals surface area contributed by atoms with Gasteiger partial charge in [-0.2, -0.15) is 0 Å². The summed E-state index contributed by atoms with van der Waals surface area (Å²) in [6, 6.07) is 16.2. The van der Waals surface area contributed by atoms with Crippen molar-refractivity contribution in [3.63, 3.8) is 0 Å². The van der Waals surface area contributed by atoms with Crippen molar-refractivity contribution in [1.82, 2.24) is 5.32 Å². The fraction of sp³-hybridized carbons (Fsp3) is 0.417. The minimum Gasteiger partial charge on any atom is -0.348 e. The molecule has 0 spiro atoms. The van der Waals surface area contributed by atoms with Crippen molar-refractivity contribution >= 4 is 11.7 Å². The lowest BCUT2D eigenvalue weighted by atomic mass is 9.70. The number of Topliss-reactive ketones (excluding diaryl/α,β-unsaturated/α-hetero) is 1. The highest BCUT2D eigenvalue weighted by molar-refractivity contribution is 6.06. The second-order valence-electron chi connectivity index (χ2n) is 7.85. The number of amides is 1. The summed E-state index contributed by atoms with van der Waals surface area (Å²) in [6.07, 6.45) is 2.66. The van der Waals surface area contributed by atoms with Gasteiger partial charge in [-0.05, 0) is 17.0 Å². The van der Waals surface area contributed by atoms with E-state index in [9.17, 15) is 9.59 Å². The Morgan fingerprint density at radius 2 is 1.54 bits per heavy atom. The molecule has 0 radical (unpaired) electrons. The minimum absolute atomic E-state index is 0.00880. The Morgan fingerprint density at radius 3 is 2.14 bits per heavy atom. The standard InChI is InChI=1S/C18H16N2O2.C6H14/c19-15-11-8-4-5-9-12(11)17(21)14-13(15)18(22)20-16(14)10-6-2-1-3-7-10;1-4-6(3)5-2/h1-9,13-16H,19H2,(H,20,22);6H,4-5H2,1-3H3. The van der Waals surface area contributed by atoms with E-state index in [1.807, 2.05) is 48.5 Å². The molecule has 3 N–H and O–H groups in total. The van der Waals surface area contributed by atoms with Gasteiger partial charge in [0, 0.05) is 11.6 Å². The highest BCUT2D eigenvalue weighted by Gasteiger charge is 2.53. The number of hydrogen-bond donors (Lipinski definition) is 2. The summed E-state index contributed by atoms with van der Waals surface area (Å²) < 4.78 is 0. The second kappa shape index (κ2) is 8.70. The predicted molar refractivity (Wildman–Crippen MR) is 112 cm³/mol. The minimum atomic E-state index is -0.493. The molecule has 1 fully saturated rings. The Balaban J connectivity index is 0.000000330. The number of nitrogens with one attached hydrogen (secondary N) is 1. The van der Waals surface area contributed by atoms with E-state index in [1.165, 1.54) is 12.8 Å². The fourth-order valence-corrected chi connectivity index (χ4v) is 4.04. The average Bonchev–Trinajstić information content (AvgIpc) is 3.10. The summed E-state index contributed by atoms with van der Waals surface area (Å²) in [5, 5.41) is 2.97. The molecule has 4 unspecified atom stereocenters. The first kappa shape index (κ1) is 20.3. The first-order valence-electron chi connectivity index (χ1n) is 10.2. The van der Waals surface area contributed by atoms with Gasteiger partial charge < -0.3 is 11.1 Å². The SMILES string of the molecule is CCC(C)CC.NC1c2ccccc2C(=O)C2C(c3ccccc3)NC(=O)C12. The number of carbonyl (C=O) groups excluding carboxylic acids is 2. The van der Waals surface area contributed by atoms with Gasteiger partial charge in [-0.25, -0.2) is 0 Å². The molecule has 4 nitrogen and oxygen atoms in total. The van der Waals surface area contributed by atoms with E-state index < -0.39 is 17.9 Å². The van der Waals surface area contributed by atoms with E-state index >= 15 is 0 Å². The third-order valence-electron chi connectivity index (χ3n) is 6.17. The summed E-state index contributed by atoms with van der Waals surface area (Å²) in [6.45, 7) is 6.74. The average molecular weight is 379 g/mol. The zero-order valence-corrected chi connectivity index (χ0v) is 16.9. The molecule has 0 saturated carbocycles.